The van der Waals surface area contributed by atoms with Crippen LogP contribution in [0.4, 0.5) is 0 Å². The van der Waals surface area contributed by atoms with Crippen LogP contribution in [0.3, 0.4) is 0 Å². The van der Waals surface area contributed by atoms with Crippen molar-refractivity contribution in [1.82, 2.24) is 99.9 Å². The highest BCUT2D eigenvalue weighted by Crippen LogP contribution is 2.25. The number of aromatic hydroxyl groups is 1. The van der Waals surface area contributed by atoms with E-state index in [9.17, 15) is 112 Å². The van der Waals surface area contributed by atoms with Gasteiger partial charge >= 0.3 is 5.97 Å². The number of para-hydroxylation sites is 2. The molecule has 3 heterocycles. The van der Waals surface area contributed by atoms with Crippen LogP contribution in [0, 0.1) is 23.7 Å². The Bertz CT molecular complexity index is 5030. The Morgan fingerprint density at radius 1 is 0.441 bits per heavy atom. The molecule has 136 heavy (non-hydrogen) atoms. The van der Waals surface area contributed by atoms with Gasteiger partial charge in [-0.25, -0.2) is 0 Å². The normalized spacial score (nSPS) is 15.8. The molecule has 5 aromatic rings. The Labute approximate surface area is 795 Å². The number of carbonyl (C=O) groups is 19. The van der Waals surface area contributed by atoms with Gasteiger partial charge in [-0.1, -0.05) is 104 Å². The minimum atomic E-state index is -1.86. The van der Waals surface area contributed by atoms with Gasteiger partial charge in [0, 0.05) is 77.9 Å². The van der Waals surface area contributed by atoms with Crippen LogP contribution in [0.15, 0.2) is 85.2 Å². The van der Waals surface area contributed by atoms with Gasteiger partial charge in [0.25, 0.3) is 0 Å². The quantitative estimate of drug-likeness (QED) is 0.0162. The SMILES string of the molecule is CC(C)C[C@H](NC(=O)[C@H](CO)NC(=O)[C@H](CCC(N)=O)NC(=O)[C@H](CS)NC(=O)[C@@H](N)CC(C)C)C(=O)NCC(=O)N[C@H](C(=O)N[C@H](C(=O)N[C@@H](Cc1ccc(O)cc1)C(=O)N1CCC[C@H]1C(=O)NCC(=O)N[C@@H](Cc1c[nH]c2ccccc12)C(=O)N[C@@H](CC(C)C)C(=O)N[C@@H](CO)C(=O)NCC(=O)N[C@@H](Cc1c[nH]c2ccccc12)C(=O)N[C@@H](CS)C(=O)N[C@@H](C)C(=O)O)[C@@H](C)O)C(C)C. The van der Waals surface area contributed by atoms with Gasteiger partial charge in [-0.2, -0.15) is 25.3 Å². The number of carboxylic acids is 1. The summed E-state index contributed by atoms with van der Waals surface area (Å²) in [5.41, 5.74) is 14.1. The van der Waals surface area contributed by atoms with E-state index in [1.54, 1.807) is 88.6 Å². The summed E-state index contributed by atoms with van der Waals surface area (Å²) in [6.45, 7) is 11.3. The number of nitrogens with one attached hydrogen (secondary N) is 18. The lowest BCUT2D eigenvalue weighted by Crippen LogP contribution is -2.62. The number of H-pyrrole nitrogens is 2. The fourth-order valence-corrected chi connectivity index (χ4v) is 15.2. The number of likely N-dealkylation sites (tertiary alicyclic amines) is 1. The first-order valence-corrected chi connectivity index (χ1v) is 45.8. The molecule has 1 aliphatic heterocycles. The molecule has 18 amide bonds. The first-order valence-electron chi connectivity index (χ1n) is 44.6. The van der Waals surface area contributed by atoms with E-state index >= 15 is 4.79 Å². The molecule has 0 bridgehead atoms. The highest BCUT2D eigenvalue weighted by molar-refractivity contribution is 7.80. The summed E-state index contributed by atoms with van der Waals surface area (Å²) < 4.78 is 0. The van der Waals surface area contributed by atoms with Gasteiger partial charge < -0.3 is 137 Å². The van der Waals surface area contributed by atoms with Gasteiger partial charge in [-0.3, -0.25) is 91.1 Å². The molecule has 47 heteroatoms. The minimum absolute atomic E-state index is 0.0273. The Kier molecular flexibility index (Phi) is 44.8. The molecular formula is C89H129N21O24S2. The van der Waals surface area contributed by atoms with E-state index < -0.39 is 261 Å². The van der Waals surface area contributed by atoms with Gasteiger partial charge in [-0.05, 0) is 117 Å². The molecule has 0 unspecified atom stereocenters. The second-order valence-corrected chi connectivity index (χ2v) is 35.6. The van der Waals surface area contributed by atoms with Crippen molar-refractivity contribution in [3.8, 4) is 5.75 Å². The highest BCUT2D eigenvalue weighted by atomic mass is 32.1. The zero-order valence-electron chi connectivity index (χ0n) is 77.3. The number of amides is 18. The summed E-state index contributed by atoms with van der Waals surface area (Å²) >= 11 is 8.31. The summed E-state index contributed by atoms with van der Waals surface area (Å²) in [6.07, 6.45) is 0.318. The van der Waals surface area contributed by atoms with E-state index in [2.05, 4.69) is 120 Å². The number of aliphatic hydroxyl groups excluding tert-OH is 3. The first-order chi connectivity index (χ1) is 64.3. The standard InChI is InChI=1S/C89H129N21O24S2/c1-43(2)28-55(90)75(119)106-67(42-136)84(128)100-58(25-26-69(91)115)78(122)105-65(40-112)82(126)101-59(29-44(3)4)76(120)94-38-72(118)108-73(46(7)8)86(130)109-74(48(10)113)87(131)103-63(31-49-21-23-52(114)24-22-49)88(132)110-27-15-20-68(110)85(129)96-37-71(117)98-61(32-50-34-92-56-18-13-11-16-53(50)56)80(124)102-60(30-45(5)6)79(123)104-64(39-111)77(121)95-36-70(116)99-62(33-51-35-93-57-19-14-12-17-54(51)57)81(125)107-66(41-135)83(127)97-47(9)89(133)134/h11-14,16-19,21-24,34-35,43-48,55,58-68,73-74,92-93,111-114,135-136H,15,20,25-33,36-42,90H2,1-10H3,(H2,91,115)(H,94,120)(H,95,121)(H,96,129)(H,97,127)(H,98,117)(H,99,116)(H,100,128)(H,101,126)(H,102,124)(H,103,131)(H,104,123)(H,105,122)(H,106,119)(H,107,125)(H,108,118)(H,109,130)(H,133,134)/t47-,48+,55-,58-,59-,60-,61-,62-,63-,64-,65-,66-,67-,68-,73-,74-/m0/s1. The number of carboxylic acid groups (broad SMARTS) is 1. The molecule has 27 N–H and O–H groups in total. The summed E-state index contributed by atoms with van der Waals surface area (Å²) in [5.74, 6) is -20.5. The first kappa shape index (κ1) is 112. The molecule has 746 valence electrons. The smallest absolute Gasteiger partial charge is 0.325 e. The van der Waals surface area contributed by atoms with Gasteiger partial charge in [0.1, 0.15) is 90.3 Å². The summed E-state index contributed by atoms with van der Waals surface area (Å²) in [6, 6.07) is -2.65. The number of nitrogens with zero attached hydrogens (tertiary/aromatic N) is 1. The fraction of sp³-hybridized carbons (Fsp3) is 0.539. The van der Waals surface area contributed by atoms with Gasteiger partial charge in [-0.15, -0.1) is 0 Å². The molecule has 0 saturated carbocycles. The van der Waals surface area contributed by atoms with Crippen LogP contribution in [0.1, 0.15) is 131 Å². The van der Waals surface area contributed by atoms with Gasteiger partial charge in [0.15, 0.2) is 0 Å². The Hall–Kier alpha value is -13.0. The molecular weight excluding hydrogens is 1810 g/mol. The molecule has 16 atom stereocenters. The van der Waals surface area contributed by atoms with Crippen molar-refractivity contribution in [1.29, 1.82) is 0 Å². The maximum atomic E-state index is 15.0. The number of hydrogen-bond acceptors (Lipinski definition) is 26. The number of fused-ring (bicyclic) bond motifs is 2. The number of aromatic nitrogens is 2. The molecule has 2 aromatic heterocycles. The number of phenolic OH excluding ortho intramolecular Hbond substituents is 1. The van der Waals surface area contributed by atoms with E-state index in [4.69, 9.17) is 11.5 Å². The molecule has 3 aromatic carbocycles. The number of carbonyl (C=O) groups excluding carboxylic acids is 18. The summed E-state index contributed by atoms with van der Waals surface area (Å²) in [5, 5.41) is 92.3. The van der Waals surface area contributed by atoms with Crippen LogP contribution in [0.2, 0.25) is 0 Å². The molecule has 1 fully saturated rings. The van der Waals surface area contributed by atoms with Crippen LogP contribution in [-0.2, 0) is 110 Å². The van der Waals surface area contributed by atoms with Crippen molar-refractivity contribution >= 4 is 159 Å². The number of thiol groups is 2. The average molecular weight is 1940 g/mol. The van der Waals surface area contributed by atoms with Gasteiger partial charge in [0.2, 0.25) is 106 Å². The molecule has 0 aliphatic carbocycles. The number of nitrogens with two attached hydrogens (primary N) is 2. The van der Waals surface area contributed by atoms with Crippen molar-refractivity contribution in [2.45, 2.75) is 230 Å². The topological polar surface area (TPSA) is 705 Å². The van der Waals surface area contributed by atoms with Crippen molar-refractivity contribution in [2.24, 2.45) is 35.1 Å². The molecule has 1 aliphatic rings. The molecule has 0 radical (unpaired) electrons. The second-order valence-electron chi connectivity index (χ2n) is 34.9. The van der Waals surface area contributed by atoms with E-state index in [1.807, 2.05) is 13.8 Å². The lowest BCUT2D eigenvalue weighted by Gasteiger charge is -2.31. The number of benzene rings is 3. The summed E-state index contributed by atoms with van der Waals surface area (Å²) in [4.78, 5) is 268. The molecule has 1 saturated heterocycles. The second kappa shape index (κ2) is 54.5. The Balaban J connectivity index is 1.10. The van der Waals surface area contributed by atoms with Crippen LogP contribution >= 0.6 is 25.3 Å². The Morgan fingerprint density at radius 2 is 0.846 bits per heavy atom. The largest absolute Gasteiger partial charge is 0.508 e. The fourth-order valence-electron chi connectivity index (χ4n) is 14.7. The third-order valence-corrected chi connectivity index (χ3v) is 22.7. The maximum absolute atomic E-state index is 15.0. The zero-order chi connectivity index (χ0) is 101. The van der Waals surface area contributed by atoms with Gasteiger partial charge in [0.05, 0.1) is 45.0 Å². The van der Waals surface area contributed by atoms with Crippen molar-refractivity contribution < 1.29 is 117 Å². The summed E-state index contributed by atoms with van der Waals surface area (Å²) in [7, 11) is 0. The lowest BCUT2D eigenvalue weighted by atomic mass is 10.0. The minimum Gasteiger partial charge on any atom is -0.508 e. The number of rotatable bonds is 55. The van der Waals surface area contributed by atoms with Crippen LogP contribution < -0.4 is 96.5 Å². The van der Waals surface area contributed by atoms with Crippen LogP contribution in [0.25, 0.3) is 21.8 Å². The van der Waals surface area contributed by atoms with Crippen molar-refractivity contribution in [2.75, 3.05) is 50.9 Å². The number of hydrogen-bond donors (Lipinski definition) is 27. The van der Waals surface area contributed by atoms with E-state index in [1.165, 1.54) is 45.0 Å². The van der Waals surface area contributed by atoms with E-state index in [0.717, 1.165) is 11.8 Å². The predicted octanol–water partition coefficient (Wildman–Crippen LogP) is -5.26. The van der Waals surface area contributed by atoms with Crippen molar-refractivity contribution in [3.63, 3.8) is 0 Å². The molecule has 0 spiro atoms. The Morgan fingerprint density at radius 3 is 1.32 bits per heavy atom. The zero-order valence-corrected chi connectivity index (χ0v) is 79.1. The third-order valence-electron chi connectivity index (χ3n) is 22.0. The maximum Gasteiger partial charge on any atom is 0.325 e. The van der Waals surface area contributed by atoms with E-state index in [-0.39, 0.29) is 92.9 Å². The predicted molar refractivity (Wildman–Crippen MR) is 501 cm³/mol. The number of aliphatic carboxylic acids is 1. The average Bonchev–Trinajstić information content (AvgIpc) is 1.64. The highest BCUT2D eigenvalue weighted by Gasteiger charge is 2.42. The van der Waals surface area contributed by atoms with Crippen LogP contribution in [0.5, 0.6) is 5.75 Å². The van der Waals surface area contributed by atoms with Crippen molar-refractivity contribution in [3.05, 3.63) is 102 Å². The number of phenols is 1. The lowest BCUT2D eigenvalue weighted by molar-refractivity contribution is -0.142. The molecule has 45 nitrogen and oxygen atoms in total. The van der Waals surface area contributed by atoms with E-state index in [0.29, 0.717) is 38.5 Å². The number of aromatic amines is 2. The van der Waals surface area contributed by atoms with Crippen LogP contribution in [-0.4, -0.2) is 300 Å². The molecule has 6 rings (SSSR count). The monoisotopic (exact) mass is 1940 g/mol. The number of aliphatic hydroxyl groups is 3. The number of primary amides is 1. The third kappa shape index (κ3) is 35.0.